The van der Waals surface area contributed by atoms with Crippen LogP contribution in [0.4, 0.5) is 11.5 Å². The second-order valence-electron chi connectivity index (χ2n) is 7.68. The molecular formula is C19H30Cl2N4O. The topological polar surface area (TPSA) is 57.3 Å². The fourth-order valence-electron chi connectivity index (χ4n) is 4.60. The minimum Gasteiger partial charge on any atom is -0.370 e. The van der Waals surface area contributed by atoms with E-state index >= 15 is 0 Å². The molecule has 3 saturated heterocycles. The number of nitrogens with one attached hydrogen (secondary N) is 2. The van der Waals surface area contributed by atoms with Crippen LogP contribution in [0.25, 0.3) is 0 Å². The van der Waals surface area contributed by atoms with Crippen molar-refractivity contribution in [2.45, 2.75) is 63.5 Å². The predicted octanol–water partition coefficient (Wildman–Crippen LogP) is 3.77. The Morgan fingerprint density at radius 3 is 2.42 bits per heavy atom. The van der Waals surface area contributed by atoms with E-state index in [9.17, 15) is 4.79 Å². The minimum atomic E-state index is 0. The molecule has 0 spiro atoms. The Bertz CT molecular complexity index is 565. The van der Waals surface area contributed by atoms with Gasteiger partial charge in [-0.2, -0.15) is 0 Å². The smallest absolute Gasteiger partial charge is 0.225 e. The molecule has 146 valence electrons. The highest BCUT2D eigenvalue weighted by atomic mass is 35.5. The highest BCUT2D eigenvalue weighted by Gasteiger charge is 2.34. The third-order valence-electron chi connectivity index (χ3n) is 5.78. The van der Waals surface area contributed by atoms with Crippen molar-refractivity contribution in [3.8, 4) is 0 Å². The summed E-state index contributed by atoms with van der Waals surface area (Å²) in [5.41, 5.74) is 1.17. The van der Waals surface area contributed by atoms with Crippen LogP contribution >= 0.6 is 24.8 Å². The van der Waals surface area contributed by atoms with Crippen molar-refractivity contribution in [2.75, 3.05) is 23.3 Å². The lowest BCUT2D eigenvalue weighted by Gasteiger charge is -2.29. The van der Waals surface area contributed by atoms with E-state index in [1.54, 1.807) is 0 Å². The monoisotopic (exact) mass is 400 g/mol. The number of carbonyl (C=O) groups is 1. The van der Waals surface area contributed by atoms with Gasteiger partial charge in [-0.15, -0.1) is 24.8 Å². The first-order valence-corrected chi connectivity index (χ1v) is 9.53. The van der Waals surface area contributed by atoms with Gasteiger partial charge < -0.3 is 15.5 Å². The number of carbonyl (C=O) groups excluding carboxylic acids is 1. The van der Waals surface area contributed by atoms with Crippen LogP contribution < -0.4 is 15.5 Å². The number of anilines is 2. The number of aromatic nitrogens is 1. The highest BCUT2D eigenvalue weighted by Crippen LogP contribution is 2.32. The third kappa shape index (κ3) is 5.24. The van der Waals surface area contributed by atoms with E-state index < -0.39 is 0 Å². The summed E-state index contributed by atoms with van der Waals surface area (Å²) in [7, 11) is 0. The number of nitrogens with zero attached hydrogens (tertiary/aromatic N) is 2. The van der Waals surface area contributed by atoms with Gasteiger partial charge in [0.1, 0.15) is 5.82 Å². The van der Waals surface area contributed by atoms with Crippen LogP contribution in [-0.2, 0) is 4.79 Å². The van der Waals surface area contributed by atoms with E-state index in [4.69, 9.17) is 0 Å². The Morgan fingerprint density at radius 1 is 1.12 bits per heavy atom. The van der Waals surface area contributed by atoms with Gasteiger partial charge >= 0.3 is 0 Å². The van der Waals surface area contributed by atoms with Gasteiger partial charge in [0.05, 0.1) is 11.9 Å². The number of hydrogen-bond donors (Lipinski definition) is 2. The number of halogens is 2. The summed E-state index contributed by atoms with van der Waals surface area (Å²) in [6.07, 6.45) is 11.2. The lowest BCUT2D eigenvalue weighted by Crippen LogP contribution is -2.39. The number of pyridine rings is 1. The maximum absolute atomic E-state index is 12.3. The molecule has 4 heterocycles. The number of hydrogen-bond acceptors (Lipinski definition) is 4. The lowest BCUT2D eigenvalue weighted by molar-refractivity contribution is -0.117. The predicted molar refractivity (Wildman–Crippen MR) is 111 cm³/mol. The van der Waals surface area contributed by atoms with Crippen LogP contribution in [0.1, 0.15) is 51.4 Å². The molecule has 26 heavy (non-hydrogen) atoms. The first-order chi connectivity index (χ1) is 11.8. The molecular weight excluding hydrogens is 371 g/mol. The average molecular weight is 401 g/mol. The van der Waals surface area contributed by atoms with Gasteiger partial charge in [-0.05, 0) is 63.0 Å². The number of piperidine rings is 2. The van der Waals surface area contributed by atoms with Crippen molar-refractivity contribution >= 4 is 42.2 Å². The summed E-state index contributed by atoms with van der Waals surface area (Å²) >= 11 is 0. The maximum atomic E-state index is 12.3. The Morgan fingerprint density at radius 2 is 1.81 bits per heavy atom. The first kappa shape index (κ1) is 21.3. The molecule has 2 unspecified atom stereocenters. The van der Waals surface area contributed by atoms with E-state index in [2.05, 4.69) is 26.6 Å². The summed E-state index contributed by atoms with van der Waals surface area (Å²) in [6, 6.07) is 5.30. The molecule has 1 aromatic heterocycles. The van der Waals surface area contributed by atoms with Crippen molar-refractivity contribution in [2.24, 2.45) is 5.92 Å². The molecule has 2 N–H and O–H groups in total. The quantitative estimate of drug-likeness (QED) is 0.807. The van der Waals surface area contributed by atoms with Gasteiger partial charge in [0.2, 0.25) is 5.91 Å². The zero-order chi connectivity index (χ0) is 16.4. The molecule has 0 aromatic carbocycles. The molecule has 2 atom stereocenters. The molecule has 5 nitrogen and oxygen atoms in total. The van der Waals surface area contributed by atoms with Gasteiger partial charge in [-0.25, -0.2) is 4.98 Å². The van der Waals surface area contributed by atoms with Crippen LogP contribution in [0.3, 0.4) is 0 Å². The van der Waals surface area contributed by atoms with Crippen molar-refractivity contribution < 1.29 is 4.79 Å². The largest absolute Gasteiger partial charge is 0.370 e. The second-order valence-corrected chi connectivity index (χ2v) is 7.68. The summed E-state index contributed by atoms with van der Waals surface area (Å²) in [5, 5.41) is 6.61. The Hall–Kier alpha value is -1.04. The Labute approximate surface area is 168 Å². The Balaban J connectivity index is 0.00000121. The van der Waals surface area contributed by atoms with Gasteiger partial charge in [0, 0.05) is 31.6 Å². The van der Waals surface area contributed by atoms with Crippen molar-refractivity contribution in [1.29, 1.82) is 0 Å². The van der Waals surface area contributed by atoms with E-state index in [0.29, 0.717) is 30.2 Å². The molecule has 0 radical (unpaired) electrons. The second kappa shape index (κ2) is 9.77. The zero-order valence-electron chi connectivity index (χ0n) is 15.2. The SMILES string of the molecule is Cl.Cl.O=C(CC1CC2CCC(C1)N2)Nc1ccc(N2CCCCC2)cn1. The molecule has 0 saturated carbocycles. The lowest BCUT2D eigenvalue weighted by atomic mass is 9.89. The third-order valence-corrected chi connectivity index (χ3v) is 5.78. The van der Waals surface area contributed by atoms with Gasteiger partial charge in [-0.1, -0.05) is 0 Å². The minimum absolute atomic E-state index is 0. The zero-order valence-corrected chi connectivity index (χ0v) is 16.8. The summed E-state index contributed by atoms with van der Waals surface area (Å²) in [5.74, 6) is 1.31. The molecule has 3 aliphatic rings. The molecule has 3 aliphatic heterocycles. The Kier molecular flexibility index (Phi) is 7.99. The first-order valence-electron chi connectivity index (χ1n) is 9.53. The number of amides is 1. The van der Waals surface area contributed by atoms with E-state index in [-0.39, 0.29) is 30.7 Å². The van der Waals surface area contributed by atoms with E-state index in [1.165, 1.54) is 37.8 Å². The van der Waals surface area contributed by atoms with Gasteiger partial charge in [-0.3, -0.25) is 4.79 Å². The summed E-state index contributed by atoms with van der Waals surface area (Å²) in [6.45, 7) is 2.23. The highest BCUT2D eigenvalue weighted by molar-refractivity contribution is 5.90. The molecule has 2 bridgehead atoms. The van der Waals surface area contributed by atoms with Crippen LogP contribution in [0.5, 0.6) is 0 Å². The molecule has 1 aromatic rings. The maximum Gasteiger partial charge on any atom is 0.225 e. The fourth-order valence-corrected chi connectivity index (χ4v) is 4.60. The summed E-state index contributed by atoms with van der Waals surface area (Å²) < 4.78 is 0. The van der Waals surface area contributed by atoms with Crippen molar-refractivity contribution in [3.05, 3.63) is 18.3 Å². The standard InChI is InChI=1S/C19H28N4O.2ClH/c24-19(12-14-10-15-4-5-16(11-14)21-15)22-18-7-6-17(13-20-18)23-8-2-1-3-9-23;;/h6-7,13-16,21H,1-5,8-12H2,(H,20,22,24);2*1H. The molecule has 1 amide bonds. The van der Waals surface area contributed by atoms with Crippen molar-refractivity contribution in [3.63, 3.8) is 0 Å². The molecule has 4 rings (SSSR count). The number of fused-ring (bicyclic) bond motifs is 2. The fraction of sp³-hybridized carbons (Fsp3) is 0.684. The summed E-state index contributed by atoms with van der Waals surface area (Å²) in [4.78, 5) is 19.1. The number of rotatable bonds is 4. The molecule has 0 aliphatic carbocycles. The van der Waals surface area contributed by atoms with Crippen LogP contribution in [0.15, 0.2) is 18.3 Å². The average Bonchev–Trinajstić information content (AvgIpc) is 2.95. The van der Waals surface area contributed by atoms with Gasteiger partial charge in [0.25, 0.3) is 0 Å². The molecule has 7 heteroatoms. The van der Waals surface area contributed by atoms with Crippen molar-refractivity contribution in [1.82, 2.24) is 10.3 Å². The van der Waals surface area contributed by atoms with Crippen LogP contribution in [-0.4, -0.2) is 36.1 Å². The van der Waals surface area contributed by atoms with E-state index in [0.717, 1.165) is 25.9 Å². The molecule has 3 fully saturated rings. The van der Waals surface area contributed by atoms with E-state index in [1.807, 2.05) is 12.3 Å². The normalized spacial score (nSPS) is 27.2. The van der Waals surface area contributed by atoms with Crippen LogP contribution in [0, 0.1) is 5.92 Å². The van der Waals surface area contributed by atoms with Gasteiger partial charge in [0.15, 0.2) is 0 Å². The van der Waals surface area contributed by atoms with Crippen LogP contribution in [0.2, 0.25) is 0 Å².